The topological polar surface area (TPSA) is 58.4 Å². The average Bonchev–Trinajstić information content (AvgIpc) is 2.87. The van der Waals surface area contributed by atoms with E-state index in [9.17, 15) is 10.1 Å². The normalized spacial score (nSPS) is 20.4. The second-order valence-electron chi connectivity index (χ2n) is 5.24. The molecule has 112 valence electrons. The molecular weight excluding hydrogens is 278 g/mol. The predicted octanol–water partition coefficient (Wildman–Crippen LogP) is 2.62. The third kappa shape index (κ3) is 3.91. The number of hydrogen-bond donors (Lipinski definition) is 1. The highest BCUT2D eigenvalue weighted by Gasteiger charge is 2.26. The van der Waals surface area contributed by atoms with Gasteiger partial charge in [0.05, 0.1) is 4.92 Å². The third-order valence-corrected chi connectivity index (χ3v) is 3.92. The molecule has 6 heteroatoms. The van der Waals surface area contributed by atoms with Crippen molar-refractivity contribution in [2.45, 2.75) is 19.4 Å². The Balaban J connectivity index is 0.00000200. The number of nitro benzene ring substituents is 1. The molecule has 1 aromatic carbocycles. The van der Waals surface area contributed by atoms with Crippen molar-refractivity contribution < 1.29 is 4.92 Å². The molecule has 0 spiro atoms. The fraction of sp³-hybridized carbons (Fsp3) is 0.571. The van der Waals surface area contributed by atoms with Gasteiger partial charge in [-0.2, -0.15) is 0 Å². The van der Waals surface area contributed by atoms with Gasteiger partial charge in [0.25, 0.3) is 5.69 Å². The van der Waals surface area contributed by atoms with E-state index in [2.05, 4.69) is 17.1 Å². The monoisotopic (exact) mass is 299 g/mol. The summed E-state index contributed by atoms with van der Waals surface area (Å²) < 4.78 is 0. The second-order valence-corrected chi connectivity index (χ2v) is 5.24. The molecular formula is C14H22ClN3O2. The number of hydrogen-bond acceptors (Lipinski definition) is 4. The lowest BCUT2D eigenvalue weighted by molar-refractivity contribution is -0.384. The molecule has 0 aromatic heterocycles. The first-order valence-electron chi connectivity index (χ1n) is 6.75. The molecule has 0 saturated carbocycles. The fourth-order valence-electron chi connectivity index (χ4n) is 2.78. The van der Waals surface area contributed by atoms with Gasteiger partial charge in [-0.1, -0.05) is 12.1 Å². The van der Waals surface area contributed by atoms with Gasteiger partial charge in [0.2, 0.25) is 0 Å². The van der Waals surface area contributed by atoms with Gasteiger partial charge in [0.15, 0.2) is 0 Å². The van der Waals surface area contributed by atoms with Gasteiger partial charge in [-0.05, 0) is 45.0 Å². The van der Waals surface area contributed by atoms with Crippen LogP contribution in [0.1, 0.15) is 24.9 Å². The zero-order valence-corrected chi connectivity index (χ0v) is 12.7. The van der Waals surface area contributed by atoms with Crippen molar-refractivity contribution in [3.63, 3.8) is 0 Å². The number of likely N-dealkylation sites (tertiary alicyclic amines) is 1. The molecule has 1 aliphatic rings. The van der Waals surface area contributed by atoms with Crippen LogP contribution in [0.2, 0.25) is 0 Å². The number of nitrogens with zero attached hydrogens (tertiary/aromatic N) is 2. The van der Waals surface area contributed by atoms with Gasteiger partial charge in [-0.15, -0.1) is 12.4 Å². The summed E-state index contributed by atoms with van der Waals surface area (Å²) in [5.74, 6) is 0.686. The van der Waals surface area contributed by atoms with Gasteiger partial charge in [0, 0.05) is 24.7 Å². The van der Waals surface area contributed by atoms with Gasteiger partial charge >= 0.3 is 0 Å². The van der Waals surface area contributed by atoms with E-state index >= 15 is 0 Å². The lowest BCUT2D eigenvalue weighted by atomic mass is 10.1. The molecule has 1 fully saturated rings. The molecule has 2 rings (SSSR count). The smallest absolute Gasteiger partial charge is 0.269 e. The van der Waals surface area contributed by atoms with Gasteiger partial charge < -0.3 is 5.32 Å². The Morgan fingerprint density at radius 1 is 1.55 bits per heavy atom. The number of nitrogens with one attached hydrogen (secondary N) is 1. The first kappa shape index (κ1) is 16.9. The molecule has 0 radical (unpaired) electrons. The Kier molecular flexibility index (Phi) is 6.39. The maximum atomic E-state index is 10.8. The predicted molar refractivity (Wildman–Crippen MR) is 82.4 cm³/mol. The minimum absolute atomic E-state index is 0. The maximum Gasteiger partial charge on any atom is 0.269 e. The molecule has 20 heavy (non-hydrogen) atoms. The Morgan fingerprint density at radius 2 is 2.30 bits per heavy atom. The van der Waals surface area contributed by atoms with Gasteiger partial charge in [0.1, 0.15) is 0 Å². The van der Waals surface area contributed by atoms with E-state index in [0.717, 1.165) is 25.2 Å². The molecule has 1 aromatic rings. The van der Waals surface area contributed by atoms with Gasteiger partial charge in [-0.25, -0.2) is 0 Å². The zero-order chi connectivity index (χ0) is 13.8. The van der Waals surface area contributed by atoms with Crippen molar-refractivity contribution in [2.24, 2.45) is 5.92 Å². The van der Waals surface area contributed by atoms with E-state index in [1.165, 1.54) is 6.42 Å². The van der Waals surface area contributed by atoms with Crippen LogP contribution >= 0.6 is 12.4 Å². The van der Waals surface area contributed by atoms with Crippen LogP contribution in [0.5, 0.6) is 0 Å². The van der Waals surface area contributed by atoms with Crippen molar-refractivity contribution in [3.8, 4) is 0 Å². The standard InChI is InChI=1S/C14H21N3O2.ClH/c1-11(16-7-6-12(10-16)9-15-2)13-4-3-5-14(8-13)17(18)19;/h3-5,8,11-12,15H,6-7,9-10H2,1-2H3;1H. The summed E-state index contributed by atoms with van der Waals surface area (Å²) in [5, 5.41) is 14.0. The van der Waals surface area contributed by atoms with E-state index in [0.29, 0.717) is 5.92 Å². The van der Waals surface area contributed by atoms with E-state index in [-0.39, 0.29) is 29.1 Å². The molecule has 1 N–H and O–H groups in total. The van der Waals surface area contributed by atoms with Crippen molar-refractivity contribution in [1.29, 1.82) is 0 Å². The fourth-order valence-corrected chi connectivity index (χ4v) is 2.78. The van der Waals surface area contributed by atoms with E-state index < -0.39 is 0 Å². The Labute approximate surface area is 125 Å². The number of non-ortho nitro benzene ring substituents is 1. The molecule has 2 atom stereocenters. The summed E-state index contributed by atoms with van der Waals surface area (Å²) >= 11 is 0. The van der Waals surface area contributed by atoms with Crippen LogP contribution in [0.15, 0.2) is 24.3 Å². The average molecular weight is 300 g/mol. The SMILES string of the molecule is CNCC1CCN(C(C)c2cccc([N+](=O)[O-])c2)C1.Cl. The van der Waals surface area contributed by atoms with Crippen LogP contribution in [-0.4, -0.2) is 36.5 Å². The third-order valence-electron chi connectivity index (χ3n) is 3.92. The molecule has 0 bridgehead atoms. The van der Waals surface area contributed by atoms with Crippen LogP contribution < -0.4 is 5.32 Å². The summed E-state index contributed by atoms with van der Waals surface area (Å²) in [6.07, 6.45) is 1.19. The van der Waals surface area contributed by atoms with Crippen molar-refractivity contribution >= 4 is 18.1 Å². The summed E-state index contributed by atoms with van der Waals surface area (Å²) in [6.45, 7) is 5.29. The van der Waals surface area contributed by atoms with Crippen LogP contribution in [0.3, 0.4) is 0 Å². The summed E-state index contributed by atoms with van der Waals surface area (Å²) in [7, 11) is 1.98. The molecule has 5 nitrogen and oxygen atoms in total. The number of benzene rings is 1. The number of nitro groups is 1. The van der Waals surface area contributed by atoms with Crippen LogP contribution in [0.25, 0.3) is 0 Å². The first-order valence-corrected chi connectivity index (χ1v) is 6.75. The van der Waals surface area contributed by atoms with Crippen LogP contribution in [0.4, 0.5) is 5.69 Å². The molecule has 0 amide bonds. The highest BCUT2D eigenvalue weighted by Crippen LogP contribution is 2.28. The molecule has 1 saturated heterocycles. The van der Waals surface area contributed by atoms with Crippen LogP contribution in [-0.2, 0) is 0 Å². The molecule has 2 unspecified atom stereocenters. The second kappa shape index (κ2) is 7.57. The first-order chi connectivity index (χ1) is 9.11. The van der Waals surface area contributed by atoms with Crippen molar-refractivity contribution in [2.75, 3.05) is 26.7 Å². The van der Waals surface area contributed by atoms with E-state index in [1.807, 2.05) is 13.1 Å². The highest BCUT2D eigenvalue weighted by atomic mass is 35.5. The van der Waals surface area contributed by atoms with E-state index in [4.69, 9.17) is 0 Å². The lowest BCUT2D eigenvalue weighted by Crippen LogP contribution is -2.27. The lowest BCUT2D eigenvalue weighted by Gasteiger charge is -2.24. The largest absolute Gasteiger partial charge is 0.319 e. The minimum atomic E-state index is -0.329. The highest BCUT2D eigenvalue weighted by molar-refractivity contribution is 5.85. The number of halogens is 1. The van der Waals surface area contributed by atoms with Crippen LogP contribution in [0, 0.1) is 16.0 Å². The number of rotatable bonds is 5. The summed E-state index contributed by atoms with van der Waals surface area (Å²) in [5.41, 5.74) is 1.20. The minimum Gasteiger partial charge on any atom is -0.319 e. The zero-order valence-electron chi connectivity index (χ0n) is 11.9. The Morgan fingerprint density at radius 3 is 2.95 bits per heavy atom. The summed E-state index contributed by atoms with van der Waals surface area (Å²) in [6, 6.07) is 7.22. The Hall–Kier alpha value is -1.17. The van der Waals surface area contributed by atoms with Gasteiger partial charge in [-0.3, -0.25) is 15.0 Å². The van der Waals surface area contributed by atoms with E-state index in [1.54, 1.807) is 18.2 Å². The molecule has 1 heterocycles. The molecule has 1 aliphatic heterocycles. The quantitative estimate of drug-likeness (QED) is 0.671. The van der Waals surface area contributed by atoms with Crippen molar-refractivity contribution in [1.82, 2.24) is 10.2 Å². The summed E-state index contributed by atoms with van der Waals surface area (Å²) in [4.78, 5) is 12.9. The Bertz CT molecular complexity index is 456. The molecule has 0 aliphatic carbocycles. The van der Waals surface area contributed by atoms with Crippen molar-refractivity contribution in [3.05, 3.63) is 39.9 Å². The maximum absolute atomic E-state index is 10.8.